The largest absolute Gasteiger partial charge is 0.493 e. The number of ether oxygens (including phenoxy) is 2. The number of hydrogen-bond acceptors (Lipinski definition) is 5. The van der Waals surface area contributed by atoms with E-state index in [2.05, 4.69) is 10.5 Å². The van der Waals surface area contributed by atoms with Crippen molar-refractivity contribution in [3.8, 4) is 11.5 Å². The van der Waals surface area contributed by atoms with E-state index >= 15 is 0 Å². The van der Waals surface area contributed by atoms with Crippen molar-refractivity contribution in [1.82, 2.24) is 5.43 Å². The van der Waals surface area contributed by atoms with Crippen LogP contribution >= 0.6 is 11.8 Å². The van der Waals surface area contributed by atoms with E-state index in [1.54, 1.807) is 32.6 Å². The Morgan fingerprint density at radius 3 is 2.57 bits per heavy atom. The second kappa shape index (κ2) is 8.85. The summed E-state index contributed by atoms with van der Waals surface area (Å²) in [6, 6.07) is 15.1. The molecule has 6 heteroatoms. The van der Waals surface area contributed by atoms with Crippen molar-refractivity contribution in [2.24, 2.45) is 5.10 Å². The SMILES string of the molecule is COc1ccc(/C=N\NC(=O)CSc2ccccc2)cc1OC. The van der Waals surface area contributed by atoms with Gasteiger partial charge in [0.25, 0.3) is 0 Å². The summed E-state index contributed by atoms with van der Waals surface area (Å²) in [7, 11) is 3.15. The molecule has 0 unspecified atom stereocenters. The van der Waals surface area contributed by atoms with E-state index < -0.39 is 0 Å². The molecule has 5 nitrogen and oxygen atoms in total. The highest BCUT2D eigenvalue weighted by atomic mass is 32.2. The molecule has 120 valence electrons. The van der Waals surface area contributed by atoms with Gasteiger partial charge in [-0.25, -0.2) is 5.43 Å². The number of nitrogens with zero attached hydrogens (tertiary/aromatic N) is 1. The number of carbonyl (C=O) groups is 1. The lowest BCUT2D eigenvalue weighted by Crippen LogP contribution is -2.19. The van der Waals surface area contributed by atoms with Crippen molar-refractivity contribution in [2.75, 3.05) is 20.0 Å². The summed E-state index contributed by atoms with van der Waals surface area (Å²) in [5.74, 6) is 1.42. The quantitative estimate of drug-likeness (QED) is 0.482. The molecule has 0 atom stereocenters. The van der Waals surface area contributed by atoms with Crippen LogP contribution in [0.5, 0.6) is 11.5 Å². The van der Waals surface area contributed by atoms with Gasteiger partial charge >= 0.3 is 0 Å². The zero-order valence-electron chi connectivity index (χ0n) is 13.0. The van der Waals surface area contributed by atoms with Gasteiger partial charge in [0, 0.05) is 4.90 Å². The second-order valence-electron chi connectivity index (χ2n) is 4.51. The number of hydrazone groups is 1. The average Bonchev–Trinajstić information content (AvgIpc) is 2.60. The molecule has 0 aliphatic carbocycles. The zero-order valence-corrected chi connectivity index (χ0v) is 13.8. The number of thioether (sulfide) groups is 1. The van der Waals surface area contributed by atoms with Gasteiger partial charge in [0.15, 0.2) is 11.5 Å². The fourth-order valence-electron chi connectivity index (χ4n) is 1.81. The van der Waals surface area contributed by atoms with Crippen LogP contribution in [0.3, 0.4) is 0 Å². The van der Waals surface area contributed by atoms with Gasteiger partial charge in [-0.3, -0.25) is 4.79 Å². The Hall–Kier alpha value is -2.47. The standard InChI is InChI=1S/C17H18N2O3S/c1-21-15-9-8-13(10-16(15)22-2)11-18-19-17(20)12-23-14-6-4-3-5-7-14/h3-11H,12H2,1-2H3,(H,19,20)/b18-11-. The highest BCUT2D eigenvalue weighted by Gasteiger charge is 2.04. The molecular weight excluding hydrogens is 312 g/mol. The van der Waals surface area contributed by atoms with Crippen LogP contribution in [0.4, 0.5) is 0 Å². The zero-order chi connectivity index (χ0) is 16.5. The minimum atomic E-state index is -0.157. The van der Waals surface area contributed by atoms with Gasteiger partial charge in [-0.1, -0.05) is 18.2 Å². The van der Waals surface area contributed by atoms with E-state index in [4.69, 9.17) is 9.47 Å². The first kappa shape index (κ1) is 16.9. The van der Waals surface area contributed by atoms with E-state index in [0.717, 1.165) is 10.5 Å². The summed E-state index contributed by atoms with van der Waals surface area (Å²) in [4.78, 5) is 12.8. The maximum absolute atomic E-state index is 11.7. The lowest BCUT2D eigenvalue weighted by atomic mass is 10.2. The monoisotopic (exact) mass is 330 g/mol. The molecule has 0 saturated heterocycles. The molecular formula is C17H18N2O3S. The third-order valence-electron chi connectivity index (χ3n) is 2.92. The van der Waals surface area contributed by atoms with Crippen LogP contribution in [0.2, 0.25) is 0 Å². The molecule has 0 fully saturated rings. The Balaban J connectivity index is 1.85. The van der Waals surface area contributed by atoms with Crippen LogP contribution in [-0.2, 0) is 4.79 Å². The normalized spacial score (nSPS) is 10.5. The second-order valence-corrected chi connectivity index (χ2v) is 5.56. The first-order chi connectivity index (χ1) is 11.2. The van der Waals surface area contributed by atoms with Gasteiger partial charge in [-0.2, -0.15) is 5.10 Å². The van der Waals surface area contributed by atoms with Crippen LogP contribution < -0.4 is 14.9 Å². The van der Waals surface area contributed by atoms with E-state index in [9.17, 15) is 4.79 Å². The van der Waals surface area contributed by atoms with Crippen molar-refractivity contribution in [1.29, 1.82) is 0 Å². The summed E-state index contributed by atoms with van der Waals surface area (Å²) in [6.07, 6.45) is 1.56. The molecule has 0 aliphatic rings. The molecule has 0 bridgehead atoms. The van der Waals surface area contributed by atoms with Gasteiger partial charge < -0.3 is 9.47 Å². The Morgan fingerprint density at radius 2 is 1.87 bits per heavy atom. The van der Waals surface area contributed by atoms with E-state index in [1.165, 1.54) is 11.8 Å². The molecule has 0 radical (unpaired) electrons. The Labute approximate surface area is 139 Å². The van der Waals surface area contributed by atoms with Crippen molar-refractivity contribution in [3.63, 3.8) is 0 Å². The molecule has 0 aromatic heterocycles. The van der Waals surface area contributed by atoms with Crippen molar-refractivity contribution < 1.29 is 14.3 Å². The molecule has 23 heavy (non-hydrogen) atoms. The predicted molar refractivity (Wildman–Crippen MR) is 92.4 cm³/mol. The van der Waals surface area contributed by atoms with Gasteiger partial charge in [0.1, 0.15) is 0 Å². The minimum absolute atomic E-state index is 0.157. The summed E-state index contributed by atoms with van der Waals surface area (Å²) < 4.78 is 10.4. The maximum atomic E-state index is 11.7. The van der Waals surface area contributed by atoms with Crippen molar-refractivity contribution in [3.05, 3.63) is 54.1 Å². The van der Waals surface area contributed by atoms with Gasteiger partial charge in [-0.15, -0.1) is 11.8 Å². The maximum Gasteiger partial charge on any atom is 0.250 e. The first-order valence-corrected chi connectivity index (χ1v) is 7.93. The first-order valence-electron chi connectivity index (χ1n) is 6.94. The number of nitrogens with one attached hydrogen (secondary N) is 1. The lowest BCUT2D eigenvalue weighted by Gasteiger charge is -2.07. The van der Waals surface area contributed by atoms with Crippen LogP contribution in [0.1, 0.15) is 5.56 Å². The summed E-state index contributed by atoms with van der Waals surface area (Å²) in [5, 5.41) is 3.95. The third kappa shape index (κ3) is 5.34. The van der Waals surface area contributed by atoms with Crippen LogP contribution in [0, 0.1) is 0 Å². The Bertz CT molecular complexity index is 675. The van der Waals surface area contributed by atoms with Crippen LogP contribution in [0.15, 0.2) is 58.5 Å². The average molecular weight is 330 g/mol. The predicted octanol–water partition coefficient (Wildman–Crippen LogP) is 2.95. The minimum Gasteiger partial charge on any atom is -0.493 e. The molecule has 0 spiro atoms. The molecule has 0 heterocycles. The molecule has 1 N–H and O–H groups in total. The van der Waals surface area contributed by atoms with E-state index in [-0.39, 0.29) is 5.91 Å². The molecule has 2 aromatic rings. The number of carbonyl (C=O) groups excluding carboxylic acids is 1. The molecule has 2 rings (SSSR count). The van der Waals surface area contributed by atoms with E-state index in [0.29, 0.717) is 17.3 Å². The lowest BCUT2D eigenvalue weighted by molar-refractivity contribution is -0.118. The highest BCUT2D eigenvalue weighted by Crippen LogP contribution is 2.26. The smallest absolute Gasteiger partial charge is 0.250 e. The van der Waals surface area contributed by atoms with Crippen molar-refractivity contribution in [2.45, 2.75) is 4.90 Å². The summed E-state index contributed by atoms with van der Waals surface area (Å²) in [5.41, 5.74) is 3.31. The summed E-state index contributed by atoms with van der Waals surface area (Å²) in [6.45, 7) is 0. The fraction of sp³-hybridized carbons (Fsp3) is 0.176. The van der Waals surface area contributed by atoms with Gasteiger partial charge in [0.2, 0.25) is 5.91 Å². The Kier molecular flexibility index (Phi) is 6.50. The fourth-order valence-corrected chi connectivity index (χ4v) is 2.52. The van der Waals surface area contributed by atoms with Gasteiger partial charge in [-0.05, 0) is 35.9 Å². The van der Waals surface area contributed by atoms with Crippen LogP contribution in [-0.4, -0.2) is 32.1 Å². The van der Waals surface area contributed by atoms with E-state index in [1.807, 2.05) is 36.4 Å². The number of methoxy groups -OCH3 is 2. The van der Waals surface area contributed by atoms with Gasteiger partial charge in [0.05, 0.1) is 26.2 Å². The molecule has 0 aliphatic heterocycles. The molecule has 1 amide bonds. The van der Waals surface area contributed by atoms with Crippen molar-refractivity contribution >= 4 is 23.9 Å². The molecule has 0 saturated carbocycles. The Morgan fingerprint density at radius 1 is 1.13 bits per heavy atom. The van der Waals surface area contributed by atoms with Crippen LogP contribution in [0.25, 0.3) is 0 Å². The molecule has 2 aromatic carbocycles. The number of hydrogen-bond donors (Lipinski definition) is 1. The number of amides is 1. The number of benzene rings is 2. The highest BCUT2D eigenvalue weighted by molar-refractivity contribution is 8.00. The topological polar surface area (TPSA) is 59.9 Å². The third-order valence-corrected chi connectivity index (χ3v) is 3.94. The summed E-state index contributed by atoms with van der Waals surface area (Å²) >= 11 is 1.46. The number of rotatable bonds is 7.